The van der Waals surface area contributed by atoms with Crippen LogP contribution in [0.4, 0.5) is 0 Å². The van der Waals surface area contributed by atoms with Gasteiger partial charge in [0, 0.05) is 23.4 Å². The van der Waals surface area contributed by atoms with Gasteiger partial charge in [-0.2, -0.15) is 0 Å². The van der Waals surface area contributed by atoms with Crippen molar-refractivity contribution in [1.29, 1.82) is 0 Å². The zero-order valence-corrected chi connectivity index (χ0v) is 18.5. The van der Waals surface area contributed by atoms with E-state index in [0.29, 0.717) is 5.16 Å². The number of nitrogens with one attached hydrogen (secondary N) is 1. The average molecular weight is 426 g/mol. The monoisotopic (exact) mass is 425 g/mol. The molecule has 7 N–H and O–H groups in total. The molecule has 11 heteroatoms. The number of rotatable bonds is 5. The molecule has 154 valence electrons. The van der Waals surface area contributed by atoms with Gasteiger partial charge in [0.2, 0.25) is 0 Å². The molecule has 2 heterocycles. The third kappa shape index (κ3) is 5.62. The van der Waals surface area contributed by atoms with Crippen LogP contribution in [0.3, 0.4) is 0 Å². The molecule has 0 spiro atoms. The number of nitrogens with zero attached hydrogens (tertiary/aromatic N) is 2. The summed E-state index contributed by atoms with van der Waals surface area (Å²) in [6, 6.07) is 5.50. The number of hydrogen-bond acceptors (Lipinski definition) is 5. The summed E-state index contributed by atoms with van der Waals surface area (Å²) < 4.78 is 23.3. The minimum atomic E-state index is -1.33. The molecule has 0 aliphatic carbocycles. The average Bonchev–Trinajstić information content (AvgIpc) is 3.01. The Labute approximate surface area is 184 Å². The van der Waals surface area contributed by atoms with Crippen LogP contribution >= 0.6 is 0 Å². The van der Waals surface area contributed by atoms with E-state index in [9.17, 15) is 4.21 Å². The molecule has 1 unspecified atom stereocenters. The molecule has 0 aliphatic rings. The van der Waals surface area contributed by atoms with E-state index >= 15 is 0 Å². The number of pyridine rings is 1. The fourth-order valence-corrected chi connectivity index (χ4v) is 3.71. The van der Waals surface area contributed by atoms with Gasteiger partial charge in [-0.3, -0.25) is 9.19 Å². The van der Waals surface area contributed by atoms with Crippen molar-refractivity contribution in [2.45, 2.75) is 24.8 Å². The third-order valence-corrected chi connectivity index (χ3v) is 5.06. The number of fused-ring (bicyclic) bond motifs is 1. The minimum Gasteiger partial charge on any atom is -1.00 e. The standard InChI is InChI=1S/C17H19N3O3S.Mg.3H2O.2H/c1-10-8-18-15(11(2)16(10)23-4)9-24(21)17-19-13-6-5-12(22-3)7-14(13)20-17;;;;;;/h5-8H,9H2,1-4H3,(H,19,20);;3*1H2;;/q;+2;;;;2*-1. The van der Waals surface area contributed by atoms with Crippen LogP contribution in [0.2, 0.25) is 0 Å². The SMILES string of the molecule is COc1ccc2nc(S(=O)Cc3ncc(C)c(OC)c3C)[nH]c2c1.O.O.O.[H-].[H-].[Mg+2]. The number of aromatic amines is 1. The van der Waals surface area contributed by atoms with Gasteiger partial charge in [0.1, 0.15) is 11.5 Å². The molecule has 3 aromatic rings. The van der Waals surface area contributed by atoms with Gasteiger partial charge in [-0.05, 0) is 26.0 Å². The van der Waals surface area contributed by atoms with E-state index in [1.165, 1.54) is 0 Å². The maximum absolute atomic E-state index is 12.7. The summed E-state index contributed by atoms with van der Waals surface area (Å²) in [5.74, 6) is 1.79. The Balaban J connectivity index is -0.000000563. The van der Waals surface area contributed by atoms with Gasteiger partial charge in [0.25, 0.3) is 0 Å². The second-order valence-electron chi connectivity index (χ2n) is 5.46. The second kappa shape index (κ2) is 11.9. The van der Waals surface area contributed by atoms with Crippen molar-refractivity contribution >= 4 is 44.9 Å². The molecule has 1 aromatic carbocycles. The molecule has 0 fully saturated rings. The Morgan fingerprint density at radius 3 is 2.43 bits per heavy atom. The van der Waals surface area contributed by atoms with E-state index in [1.54, 1.807) is 20.4 Å². The molecule has 0 aliphatic heterocycles. The number of imidazole rings is 1. The Morgan fingerprint density at radius 1 is 1.14 bits per heavy atom. The topological polar surface area (TPSA) is 172 Å². The van der Waals surface area contributed by atoms with E-state index in [0.717, 1.165) is 39.4 Å². The van der Waals surface area contributed by atoms with E-state index in [1.807, 2.05) is 32.0 Å². The Bertz CT molecular complexity index is 945. The van der Waals surface area contributed by atoms with Crippen LogP contribution in [0.1, 0.15) is 19.7 Å². The normalized spacial score (nSPS) is 10.6. The molecule has 9 nitrogen and oxygen atoms in total. The fourth-order valence-electron chi connectivity index (χ4n) is 2.61. The summed E-state index contributed by atoms with van der Waals surface area (Å²) in [4.78, 5) is 11.9. The molecule has 1 atom stereocenters. The molecule has 0 bridgehead atoms. The number of H-pyrrole nitrogens is 1. The summed E-state index contributed by atoms with van der Waals surface area (Å²) in [5.41, 5.74) is 4.16. The van der Waals surface area contributed by atoms with E-state index < -0.39 is 10.8 Å². The van der Waals surface area contributed by atoms with Gasteiger partial charge in [0.15, 0.2) is 5.16 Å². The zero-order chi connectivity index (χ0) is 17.3. The van der Waals surface area contributed by atoms with E-state index in [4.69, 9.17) is 9.47 Å². The maximum Gasteiger partial charge on any atom is 2.00 e. The van der Waals surface area contributed by atoms with Gasteiger partial charge in [-0.15, -0.1) is 0 Å². The third-order valence-electron chi connectivity index (χ3n) is 3.90. The molecule has 0 saturated carbocycles. The second-order valence-corrected chi connectivity index (χ2v) is 6.83. The first-order valence-corrected chi connectivity index (χ1v) is 8.76. The number of methoxy groups -OCH3 is 2. The minimum absolute atomic E-state index is 0. The summed E-state index contributed by atoms with van der Waals surface area (Å²) in [7, 11) is 1.91. The molecule has 0 saturated heterocycles. The van der Waals surface area contributed by atoms with Gasteiger partial charge >= 0.3 is 23.1 Å². The van der Waals surface area contributed by atoms with Crippen LogP contribution in [-0.2, 0) is 16.6 Å². The number of benzene rings is 1. The summed E-state index contributed by atoms with van der Waals surface area (Å²) in [6.45, 7) is 3.86. The molecular weight excluding hydrogens is 399 g/mol. The maximum atomic E-state index is 12.7. The van der Waals surface area contributed by atoms with E-state index in [-0.39, 0.29) is 48.1 Å². The molecule has 28 heavy (non-hydrogen) atoms. The molecule has 0 radical (unpaired) electrons. The Hall–Kier alpha value is -1.76. The van der Waals surface area contributed by atoms with Crippen molar-refractivity contribution in [3.63, 3.8) is 0 Å². The predicted molar refractivity (Wildman–Crippen MR) is 112 cm³/mol. The van der Waals surface area contributed by atoms with Crippen LogP contribution < -0.4 is 9.47 Å². The molecule has 2 aromatic heterocycles. The predicted octanol–water partition coefficient (Wildman–Crippen LogP) is 0.270. The quantitative estimate of drug-likeness (QED) is 0.577. The van der Waals surface area contributed by atoms with Crippen molar-refractivity contribution in [3.8, 4) is 11.5 Å². The Morgan fingerprint density at radius 2 is 1.82 bits per heavy atom. The van der Waals surface area contributed by atoms with Crippen LogP contribution in [0.25, 0.3) is 11.0 Å². The van der Waals surface area contributed by atoms with Crippen molar-refractivity contribution in [3.05, 3.63) is 41.2 Å². The fraction of sp³-hybridized carbons (Fsp3) is 0.294. The smallest absolute Gasteiger partial charge is 1.00 e. The first kappa shape index (κ1) is 28.4. The first-order valence-electron chi connectivity index (χ1n) is 7.44. The number of aryl methyl sites for hydroxylation is 1. The summed E-state index contributed by atoms with van der Waals surface area (Å²) in [6.07, 6.45) is 1.74. The van der Waals surface area contributed by atoms with Gasteiger partial charge in [0.05, 0.1) is 47.5 Å². The van der Waals surface area contributed by atoms with Gasteiger partial charge < -0.3 is 33.7 Å². The zero-order valence-electron chi connectivity index (χ0n) is 18.3. The van der Waals surface area contributed by atoms with Crippen LogP contribution in [-0.4, -0.2) is 72.9 Å². The summed E-state index contributed by atoms with van der Waals surface area (Å²) >= 11 is 0. The van der Waals surface area contributed by atoms with Crippen molar-refractivity contribution in [1.82, 2.24) is 15.0 Å². The largest absolute Gasteiger partial charge is 2.00 e. The number of ether oxygens (including phenoxy) is 2. The van der Waals surface area contributed by atoms with Gasteiger partial charge in [-0.1, -0.05) is 0 Å². The Kier molecular flexibility index (Phi) is 12.1. The van der Waals surface area contributed by atoms with Crippen LogP contribution in [0.15, 0.2) is 29.6 Å². The molecule has 3 rings (SSSR count). The van der Waals surface area contributed by atoms with E-state index in [2.05, 4.69) is 15.0 Å². The van der Waals surface area contributed by atoms with Crippen LogP contribution in [0.5, 0.6) is 11.5 Å². The van der Waals surface area contributed by atoms with Crippen molar-refractivity contribution in [2.75, 3.05) is 14.2 Å². The molecular formula is C17H27MgN3O6S. The number of hydrogen-bond donors (Lipinski definition) is 1. The van der Waals surface area contributed by atoms with Crippen molar-refractivity contribution in [2.24, 2.45) is 0 Å². The van der Waals surface area contributed by atoms with Crippen molar-refractivity contribution < 1.29 is 33.0 Å². The number of aromatic nitrogens is 3. The first-order chi connectivity index (χ1) is 11.5. The van der Waals surface area contributed by atoms with Gasteiger partial charge in [-0.25, -0.2) is 4.98 Å². The molecule has 0 amide bonds. The van der Waals surface area contributed by atoms with Crippen LogP contribution in [0, 0.1) is 13.8 Å². The summed E-state index contributed by atoms with van der Waals surface area (Å²) in [5, 5.41) is 0.430.